The van der Waals surface area contributed by atoms with E-state index in [9.17, 15) is 13.2 Å². The van der Waals surface area contributed by atoms with E-state index >= 15 is 0 Å². The molecule has 1 aliphatic carbocycles. The Labute approximate surface area is 145 Å². The molecule has 2 aliphatic rings. The number of hydrogen-bond acceptors (Lipinski definition) is 4. The maximum Gasteiger partial charge on any atom is 0.284 e. The number of amidine groups is 1. The highest BCUT2D eigenvalue weighted by molar-refractivity contribution is 8.15. The van der Waals surface area contributed by atoms with Crippen LogP contribution in [0.5, 0.6) is 0 Å². The van der Waals surface area contributed by atoms with Gasteiger partial charge in [0.25, 0.3) is 10.0 Å². The standard InChI is InChI=1S/C15H17ClN2O3S2/c16-11-6-8-13(9-7-11)23(20,21)17-15-18(14(19)10-22-15)12-4-2-1-3-5-12/h6-9,12H,1-5,10H2/b17-15+. The quantitative estimate of drug-likeness (QED) is 0.816. The lowest BCUT2D eigenvalue weighted by Gasteiger charge is -2.30. The van der Waals surface area contributed by atoms with Crippen LogP contribution in [-0.4, -0.2) is 36.2 Å². The first kappa shape index (κ1) is 16.8. The smallest absolute Gasteiger partial charge is 0.284 e. The van der Waals surface area contributed by atoms with Crippen molar-refractivity contribution in [2.24, 2.45) is 4.40 Å². The van der Waals surface area contributed by atoms with Gasteiger partial charge in [0, 0.05) is 11.1 Å². The Hall–Kier alpha value is -1.05. The fourth-order valence-corrected chi connectivity index (χ4v) is 5.20. The van der Waals surface area contributed by atoms with E-state index in [4.69, 9.17) is 11.6 Å². The largest absolute Gasteiger partial charge is 0.287 e. The van der Waals surface area contributed by atoms with Crippen molar-refractivity contribution in [2.45, 2.75) is 43.0 Å². The summed E-state index contributed by atoms with van der Waals surface area (Å²) in [5.41, 5.74) is 0. The summed E-state index contributed by atoms with van der Waals surface area (Å²) < 4.78 is 28.8. The predicted molar refractivity (Wildman–Crippen MR) is 92.2 cm³/mol. The molecule has 1 aromatic rings. The monoisotopic (exact) mass is 372 g/mol. The Kier molecular flexibility index (Phi) is 4.98. The lowest BCUT2D eigenvalue weighted by molar-refractivity contribution is -0.126. The first-order valence-corrected chi connectivity index (χ1v) is 10.3. The van der Waals surface area contributed by atoms with E-state index < -0.39 is 10.0 Å². The summed E-state index contributed by atoms with van der Waals surface area (Å²) in [5.74, 6) is 0.206. The number of carbonyl (C=O) groups excluding carboxylic acids is 1. The van der Waals surface area contributed by atoms with Gasteiger partial charge in [0.2, 0.25) is 5.91 Å². The second-order valence-electron chi connectivity index (χ2n) is 5.65. The third-order valence-electron chi connectivity index (χ3n) is 4.05. The van der Waals surface area contributed by atoms with Crippen LogP contribution in [0.15, 0.2) is 33.6 Å². The van der Waals surface area contributed by atoms with Crippen LogP contribution in [0, 0.1) is 0 Å². The topological polar surface area (TPSA) is 66.8 Å². The third kappa shape index (κ3) is 3.72. The summed E-state index contributed by atoms with van der Waals surface area (Å²) in [5, 5.41) is 0.766. The number of amides is 1. The number of benzene rings is 1. The molecule has 1 heterocycles. The fourth-order valence-electron chi connectivity index (χ4n) is 2.90. The maximum absolute atomic E-state index is 12.5. The highest BCUT2D eigenvalue weighted by Gasteiger charge is 2.36. The predicted octanol–water partition coefficient (Wildman–Crippen LogP) is 3.29. The van der Waals surface area contributed by atoms with Gasteiger partial charge in [-0.1, -0.05) is 42.6 Å². The lowest BCUT2D eigenvalue weighted by Crippen LogP contribution is -2.41. The minimum Gasteiger partial charge on any atom is -0.287 e. The highest BCUT2D eigenvalue weighted by Crippen LogP contribution is 2.31. The van der Waals surface area contributed by atoms with E-state index in [1.165, 1.54) is 42.4 Å². The number of halogens is 1. The van der Waals surface area contributed by atoms with E-state index in [1.807, 2.05) is 0 Å². The number of hydrogen-bond donors (Lipinski definition) is 0. The molecule has 0 radical (unpaired) electrons. The Morgan fingerprint density at radius 1 is 1.13 bits per heavy atom. The molecule has 0 unspecified atom stereocenters. The zero-order valence-electron chi connectivity index (χ0n) is 12.4. The van der Waals surface area contributed by atoms with Gasteiger partial charge in [0.15, 0.2) is 5.17 Å². The zero-order valence-corrected chi connectivity index (χ0v) is 14.8. The van der Waals surface area contributed by atoms with E-state index in [-0.39, 0.29) is 22.6 Å². The Bertz CT molecular complexity index is 726. The van der Waals surface area contributed by atoms with Gasteiger partial charge in [0.05, 0.1) is 10.6 Å². The summed E-state index contributed by atoms with van der Waals surface area (Å²) in [6.07, 6.45) is 5.12. The van der Waals surface area contributed by atoms with Crippen molar-refractivity contribution in [2.75, 3.05) is 5.75 Å². The van der Waals surface area contributed by atoms with Gasteiger partial charge < -0.3 is 0 Å². The molecule has 1 aromatic carbocycles. The van der Waals surface area contributed by atoms with Crippen LogP contribution in [-0.2, 0) is 14.8 Å². The first-order valence-electron chi connectivity index (χ1n) is 7.53. The number of carbonyl (C=O) groups is 1. The normalized spacial score (nSPS) is 22.0. The molecule has 0 atom stereocenters. The molecule has 0 spiro atoms. The van der Waals surface area contributed by atoms with E-state index in [0.29, 0.717) is 10.2 Å². The van der Waals surface area contributed by atoms with Crippen LogP contribution in [0.4, 0.5) is 0 Å². The first-order chi connectivity index (χ1) is 11.0. The van der Waals surface area contributed by atoms with Gasteiger partial charge in [-0.15, -0.1) is 4.40 Å². The summed E-state index contributed by atoms with van der Waals surface area (Å²) in [6, 6.07) is 5.95. The molecule has 8 heteroatoms. The van der Waals surface area contributed by atoms with Crippen LogP contribution in [0.1, 0.15) is 32.1 Å². The molecule has 0 aromatic heterocycles. The molecule has 124 valence electrons. The molecule has 1 saturated carbocycles. The van der Waals surface area contributed by atoms with Gasteiger partial charge >= 0.3 is 0 Å². The molecular weight excluding hydrogens is 356 g/mol. The van der Waals surface area contributed by atoms with Gasteiger partial charge in [0.1, 0.15) is 0 Å². The minimum atomic E-state index is -3.84. The van der Waals surface area contributed by atoms with Crippen LogP contribution in [0.2, 0.25) is 5.02 Å². The second kappa shape index (κ2) is 6.83. The molecule has 5 nitrogen and oxygen atoms in total. The molecule has 23 heavy (non-hydrogen) atoms. The average molecular weight is 373 g/mol. The third-order valence-corrected chi connectivity index (χ3v) is 6.64. The van der Waals surface area contributed by atoms with Gasteiger partial charge in [-0.25, -0.2) is 0 Å². The van der Waals surface area contributed by atoms with E-state index in [1.54, 1.807) is 4.90 Å². The molecule has 3 rings (SSSR count). The number of nitrogens with zero attached hydrogens (tertiary/aromatic N) is 2. The summed E-state index contributed by atoms with van der Waals surface area (Å²) in [6.45, 7) is 0. The van der Waals surface area contributed by atoms with Crippen molar-refractivity contribution < 1.29 is 13.2 Å². The zero-order chi connectivity index (χ0) is 16.4. The van der Waals surface area contributed by atoms with Crippen molar-refractivity contribution in [3.8, 4) is 0 Å². The van der Waals surface area contributed by atoms with E-state index in [2.05, 4.69) is 4.40 Å². The van der Waals surface area contributed by atoms with Gasteiger partial charge in [-0.05, 0) is 37.1 Å². The van der Waals surface area contributed by atoms with Crippen LogP contribution < -0.4 is 0 Å². The minimum absolute atomic E-state index is 0.0491. The molecule has 2 fully saturated rings. The molecule has 0 N–H and O–H groups in total. The summed E-state index contributed by atoms with van der Waals surface area (Å²) in [4.78, 5) is 13.8. The highest BCUT2D eigenvalue weighted by atomic mass is 35.5. The fraction of sp³-hybridized carbons (Fsp3) is 0.467. The van der Waals surface area contributed by atoms with Crippen molar-refractivity contribution in [3.05, 3.63) is 29.3 Å². The van der Waals surface area contributed by atoms with Gasteiger partial charge in [-0.3, -0.25) is 9.69 Å². The van der Waals surface area contributed by atoms with Crippen LogP contribution in [0.3, 0.4) is 0 Å². The van der Waals surface area contributed by atoms with Crippen LogP contribution in [0.25, 0.3) is 0 Å². The molecule has 1 amide bonds. The Morgan fingerprint density at radius 2 is 1.78 bits per heavy atom. The van der Waals surface area contributed by atoms with Crippen molar-refractivity contribution in [1.82, 2.24) is 4.90 Å². The number of sulfonamides is 1. The van der Waals surface area contributed by atoms with Crippen molar-refractivity contribution in [3.63, 3.8) is 0 Å². The maximum atomic E-state index is 12.5. The van der Waals surface area contributed by atoms with E-state index in [0.717, 1.165) is 25.7 Å². The Balaban J connectivity index is 1.90. The average Bonchev–Trinajstić information content (AvgIpc) is 2.88. The molecular formula is C15H17ClN2O3S2. The molecule has 0 bridgehead atoms. The van der Waals surface area contributed by atoms with Crippen molar-refractivity contribution >= 4 is 44.5 Å². The molecule has 1 saturated heterocycles. The lowest BCUT2D eigenvalue weighted by atomic mass is 9.94. The second-order valence-corrected chi connectivity index (χ2v) is 8.63. The Morgan fingerprint density at radius 3 is 2.43 bits per heavy atom. The summed E-state index contributed by atoms with van der Waals surface area (Å²) in [7, 11) is -3.84. The van der Waals surface area contributed by atoms with Crippen molar-refractivity contribution in [1.29, 1.82) is 0 Å². The SMILES string of the molecule is O=C1CS/C(=N/S(=O)(=O)c2ccc(Cl)cc2)N1C1CCCCC1. The van der Waals surface area contributed by atoms with Gasteiger partial charge in [-0.2, -0.15) is 8.42 Å². The molecule has 1 aliphatic heterocycles. The van der Waals surface area contributed by atoms with Crippen LogP contribution >= 0.6 is 23.4 Å². The number of rotatable bonds is 3. The summed E-state index contributed by atoms with van der Waals surface area (Å²) >= 11 is 6.99. The number of thioether (sulfide) groups is 1.